The number of imidazole rings is 1. The van der Waals surface area contributed by atoms with E-state index in [0.29, 0.717) is 27.1 Å². The van der Waals surface area contributed by atoms with E-state index in [2.05, 4.69) is 10.1 Å². The minimum atomic E-state index is -0.392. The van der Waals surface area contributed by atoms with Gasteiger partial charge in [0.2, 0.25) is 0 Å². The summed E-state index contributed by atoms with van der Waals surface area (Å²) in [5, 5.41) is 4.35. The number of carbonyl (C=O) groups is 1. The predicted octanol–water partition coefficient (Wildman–Crippen LogP) is 1.93. The number of rotatable bonds is 5. The first-order chi connectivity index (χ1) is 12.5. The maximum Gasteiger partial charge on any atom is 0.348 e. The Balaban J connectivity index is 1.74. The first-order valence-corrected chi connectivity index (χ1v) is 9.16. The molecule has 8 nitrogen and oxygen atoms in total. The van der Waals surface area contributed by atoms with Crippen LogP contribution in [-0.2, 0) is 22.6 Å². The summed E-state index contributed by atoms with van der Waals surface area (Å²) in [6, 6.07) is 3.08. The second-order valence-corrected chi connectivity index (χ2v) is 7.35. The maximum absolute atomic E-state index is 12.1. The number of esters is 1. The van der Waals surface area contributed by atoms with Crippen LogP contribution in [-0.4, -0.2) is 45.1 Å². The number of aromatic nitrogens is 4. The van der Waals surface area contributed by atoms with Gasteiger partial charge in [0.1, 0.15) is 22.1 Å². The highest BCUT2D eigenvalue weighted by Crippen LogP contribution is 2.28. The first kappa shape index (κ1) is 17.2. The van der Waals surface area contributed by atoms with Gasteiger partial charge in [-0.2, -0.15) is 5.10 Å². The van der Waals surface area contributed by atoms with E-state index in [0.717, 1.165) is 18.5 Å². The molecule has 136 valence electrons. The van der Waals surface area contributed by atoms with E-state index >= 15 is 0 Å². The third-order valence-corrected chi connectivity index (χ3v) is 5.43. The van der Waals surface area contributed by atoms with E-state index in [1.807, 2.05) is 4.57 Å². The van der Waals surface area contributed by atoms with Crippen LogP contribution in [0.2, 0.25) is 5.02 Å². The summed E-state index contributed by atoms with van der Waals surface area (Å²) in [7, 11) is 1.35. The van der Waals surface area contributed by atoms with Gasteiger partial charge in [-0.25, -0.2) is 14.5 Å². The normalized spacial score (nSPS) is 16.6. The van der Waals surface area contributed by atoms with Crippen molar-refractivity contribution in [3.63, 3.8) is 0 Å². The van der Waals surface area contributed by atoms with Crippen LogP contribution in [0.1, 0.15) is 21.9 Å². The molecule has 1 atom stereocenters. The molecular weight excluding hydrogens is 380 g/mol. The van der Waals surface area contributed by atoms with Crippen molar-refractivity contribution in [3.05, 3.63) is 44.4 Å². The van der Waals surface area contributed by atoms with Gasteiger partial charge in [0, 0.05) is 12.7 Å². The molecule has 0 N–H and O–H groups in total. The molecule has 0 aliphatic carbocycles. The van der Waals surface area contributed by atoms with Crippen LogP contribution >= 0.6 is 22.9 Å². The van der Waals surface area contributed by atoms with Crippen molar-refractivity contribution in [2.24, 2.45) is 0 Å². The average molecular weight is 395 g/mol. The summed E-state index contributed by atoms with van der Waals surface area (Å²) >= 11 is 7.06. The minimum absolute atomic E-state index is 0.0996. The molecule has 0 spiro atoms. The highest BCUT2D eigenvalue weighted by atomic mass is 35.5. The van der Waals surface area contributed by atoms with Crippen LogP contribution in [0, 0.1) is 0 Å². The number of thiophene rings is 1. The fourth-order valence-corrected chi connectivity index (χ4v) is 3.89. The lowest BCUT2D eigenvalue weighted by Gasteiger charge is -2.27. The van der Waals surface area contributed by atoms with Crippen LogP contribution in [0.15, 0.2) is 23.1 Å². The number of halogens is 1. The molecule has 3 aromatic heterocycles. The Morgan fingerprint density at radius 1 is 1.50 bits per heavy atom. The predicted molar refractivity (Wildman–Crippen MR) is 95.9 cm³/mol. The van der Waals surface area contributed by atoms with Gasteiger partial charge in [0.15, 0.2) is 0 Å². The molecule has 3 aromatic rings. The lowest BCUT2D eigenvalue weighted by molar-refractivity contribution is -0.0590. The summed E-state index contributed by atoms with van der Waals surface area (Å²) in [5.41, 5.74) is 0.522. The van der Waals surface area contributed by atoms with E-state index in [1.54, 1.807) is 6.07 Å². The van der Waals surface area contributed by atoms with E-state index < -0.39 is 5.97 Å². The Morgan fingerprint density at radius 2 is 2.31 bits per heavy atom. The van der Waals surface area contributed by atoms with Gasteiger partial charge in [0.05, 0.1) is 36.5 Å². The van der Waals surface area contributed by atoms with Gasteiger partial charge < -0.3 is 14.0 Å². The summed E-state index contributed by atoms with van der Waals surface area (Å²) in [5.74, 6) is 0.284. The number of hydrogen-bond donors (Lipinski definition) is 0. The van der Waals surface area contributed by atoms with E-state index in [-0.39, 0.29) is 18.2 Å². The summed E-state index contributed by atoms with van der Waals surface area (Å²) in [6.07, 6.45) is 2.48. The number of hydrogen-bond acceptors (Lipinski definition) is 7. The lowest BCUT2D eigenvalue weighted by Crippen LogP contribution is -2.32. The molecule has 0 radical (unpaired) electrons. The number of nitrogens with zero attached hydrogens (tertiary/aromatic N) is 4. The van der Waals surface area contributed by atoms with Crippen molar-refractivity contribution in [3.8, 4) is 0 Å². The Kier molecular flexibility index (Phi) is 4.51. The van der Waals surface area contributed by atoms with Gasteiger partial charge in [-0.3, -0.25) is 4.79 Å². The van der Waals surface area contributed by atoms with E-state index in [9.17, 15) is 9.59 Å². The molecule has 4 rings (SSSR count). The fourth-order valence-electron chi connectivity index (χ4n) is 2.78. The van der Waals surface area contributed by atoms with Crippen molar-refractivity contribution in [1.82, 2.24) is 19.3 Å². The average Bonchev–Trinajstić information content (AvgIpc) is 3.11. The number of fused-ring (bicyclic) bond motifs is 1. The summed E-state index contributed by atoms with van der Waals surface area (Å²) in [4.78, 5) is 29.7. The molecule has 10 heteroatoms. The zero-order chi connectivity index (χ0) is 18.3. The maximum atomic E-state index is 12.1. The lowest BCUT2D eigenvalue weighted by atomic mass is 10.2. The molecule has 1 aliphatic rings. The molecule has 0 saturated carbocycles. The molecule has 1 aliphatic heterocycles. The largest absolute Gasteiger partial charge is 0.465 e. The highest BCUT2D eigenvalue weighted by Gasteiger charge is 2.24. The van der Waals surface area contributed by atoms with Gasteiger partial charge >= 0.3 is 5.97 Å². The van der Waals surface area contributed by atoms with Crippen molar-refractivity contribution in [1.29, 1.82) is 0 Å². The topological polar surface area (TPSA) is 88.2 Å². The van der Waals surface area contributed by atoms with Crippen molar-refractivity contribution in [2.45, 2.75) is 25.6 Å². The van der Waals surface area contributed by atoms with E-state index in [1.165, 1.54) is 35.4 Å². The van der Waals surface area contributed by atoms with Crippen molar-refractivity contribution in [2.75, 3.05) is 13.7 Å². The van der Waals surface area contributed by atoms with Crippen LogP contribution < -0.4 is 5.56 Å². The van der Waals surface area contributed by atoms with Crippen LogP contribution in [0.5, 0.6) is 0 Å². The first-order valence-electron chi connectivity index (χ1n) is 7.96. The number of ether oxygens (including phenoxy) is 2. The van der Waals surface area contributed by atoms with Crippen LogP contribution in [0.4, 0.5) is 0 Å². The second kappa shape index (κ2) is 6.82. The zero-order valence-corrected chi connectivity index (χ0v) is 15.4. The van der Waals surface area contributed by atoms with Crippen LogP contribution in [0.3, 0.4) is 0 Å². The Hall–Kier alpha value is -2.23. The highest BCUT2D eigenvalue weighted by molar-refractivity contribution is 7.20. The third-order valence-electron chi connectivity index (χ3n) is 4.22. The third kappa shape index (κ3) is 3.13. The monoisotopic (exact) mass is 394 g/mol. The SMILES string of the molecule is COC(=O)c1cc2c(nc(Cn3ncc(Cl)cc3=O)n2C[C@@H]2CCO2)s1. The standard InChI is InChI=1S/C16H15ClN4O4S/c1-24-16(23)12-5-11-15(26-12)19-13(20(11)7-10-2-3-25-10)8-21-14(22)4-9(17)6-18-21/h4-6,10H,2-3,7-8H2,1H3/t10-/m0/s1. The van der Waals surface area contributed by atoms with Gasteiger partial charge in [0.25, 0.3) is 5.56 Å². The Bertz CT molecular complexity index is 1040. The molecule has 0 unspecified atom stereocenters. The van der Waals surface area contributed by atoms with Crippen molar-refractivity contribution < 1.29 is 14.3 Å². The second-order valence-electron chi connectivity index (χ2n) is 5.88. The molecule has 0 amide bonds. The molecule has 1 saturated heterocycles. The number of methoxy groups -OCH3 is 1. The van der Waals surface area contributed by atoms with Gasteiger partial charge in [-0.05, 0) is 12.5 Å². The van der Waals surface area contributed by atoms with E-state index in [4.69, 9.17) is 21.1 Å². The molecule has 0 aromatic carbocycles. The molecular formula is C16H15ClN4O4S. The summed E-state index contributed by atoms with van der Waals surface area (Å²) < 4.78 is 13.6. The minimum Gasteiger partial charge on any atom is -0.465 e. The summed E-state index contributed by atoms with van der Waals surface area (Å²) in [6.45, 7) is 1.55. The van der Waals surface area contributed by atoms with Crippen molar-refractivity contribution >= 4 is 39.3 Å². The molecule has 1 fully saturated rings. The molecule has 26 heavy (non-hydrogen) atoms. The Labute approximate surface area is 156 Å². The quantitative estimate of drug-likeness (QED) is 0.614. The van der Waals surface area contributed by atoms with Crippen LogP contribution in [0.25, 0.3) is 10.3 Å². The fraction of sp³-hybridized carbons (Fsp3) is 0.375. The molecule has 0 bridgehead atoms. The number of carbonyl (C=O) groups excluding carboxylic acids is 1. The van der Waals surface area contributed by atoms with Gasteiger partial charge in [-0.1, -0.05) is 11.6 Å². The molecule has 4 heterocycles. The zero-order valence-electron chi connectivity index (χ0n) is 13.8. The smallest absolute Gasteiger partial charge is 0.348 e. The van der Waals surface area contributed by atoms with Gasteiger partial charge in [-0.15, -0.1) is 11.3 Å². The Morgan fingerprint density at radius 3 is 2.96 bits per heavy atom.